The van der Waals surface area contributed by atoms with Crippen LogP contribution >= 0.6 is 0 Å². The second-order valence-electron chi connectivity index (χ2n) is 3.02. The van der Waals surface area contributed by atoms with Gasteiger partial charge in [0.2, 0.25) is 0 Å². The highest BCUT2D eigenvalue weighted by atomic mass is 14.9. The predicted octanol–water partition coefficient (Wildman–Crippen LogP) is 3.03. The van der Waals surface area contributed by atoms with Crippen LogP contribution in [0.15, 0.2) is 42.1 Å². The summed E-state index contributed by atoms with van der Waals surface area (Å²) in [5, 5.41) is 3.25. The number of allylic oxidation sites excluding steroid dienone is 1. The van der Waals surface area contributed by atoms with Crippen LogP contribution in [-0.4, -0.2) is 0 Å². The Labute approximate surface area is 72.4 Å². The number of benzene rings is 1. The van der Waals surface area contributed by atoms with Crippen LogP contribution in [0.4, 0.5) is 5.69 Å². The van der Waals surface area contributed by atoms with E-state index in [1.807, 2.05) is 12.1 Å². The minimum Gasteiger partial charge on any atom is -0.355 e. The molecular weight excluding hydrogens is 146 g/mol. The summed E-state index contributed by atoms with van der Waals surface area (Å²) in [5.74, 6) is 0. The van der Waals surface area contributed by atoms with Crippen molar-refractivity contribution in [2.75, 3.05) is 5.32 Å². The molecule has 0 aliphatic carbocycles. The van der Waals surface area contributed by atoms with Crippen LogP contribution in [0.25, 0.3) is 6.08 Å². The van der Waals surface area contributed by atoms with E-state index in [4.69, 9.17) is 0 Å². The van der Waals surface area contributed by atoms with Crippen LogP contribution in [0.1, 0.15) is 12.5 Å². The molecule has 1 aromatic rings. The zero-order valence-electron chi connectivity index (χ0n) is 7.09. The fourth-order valence-electron chi connectivity index (χ4n) is 1.32. The summed E-state index contributed by atoms with van der Waals surface area (Å²) >= 11 is 0. The summed E-state index contributed by atoms with van der Waals surface area (Å²) in [6.07, 6.45) is 2.15. The first-order chi connectivity index (χ1) is 5.77. The number of nitrogens with one attached hydrogen (secondary N) is 1. The fourth-order valence-corrected chi connectivity index (χ4v) is 1.32. The van der Waals surface area contributed by atoms with E-state index >= 15 is 0 Å². The van der Waals surface area contributed by atoms with Gasteiger partial charge in [-0.2, -0.15) is 0 Å². The maximum atomic E-state index is 3.91. The Morgan fingerprint density at radius 1 is 1.25 bits per heavy atom. The molecule has 0 saturated carbocycles. The molecule has 1 heteroatoms. The molecule has 1 heterocycles. The largest absolute Gasteiger partial charge is 0.355 e. The second kappa shape index (κ2) is 2.52. The lowest BCUT2D eigenvalue weighted by Crippen LogP contribution is -2.05. The zero-order valence-corrected chi connectivity index (χ0v) is 7.09. The van der Waals surface area contributed by atoms with Crippen LogP contribution in [0.5, 0.6) is 0 Å². The van der Waals surface area contributed by atoms with Crippen molar-refractivity contribution < 1.29 is 0 Å². The molecule has 0 bridgehead atoms. The highest BCUT2D eigenvalue weighted by Crippen LogP contribution is 2.27. The molecule has 60 valence electrons. The number of hydrogen-bond donors (Lipinski definition) is 1. The zero-order chi connectivity index (χ0) is 8.55. The maximum absolute atomic E-state index is 3.91. The van der Waals surface area contributed by atoms with Gasteiger partial charge in [0.1, 0.15) is 0 Å². The molecule has 1 N–H and O–H groups in total. The molecule has 0 radical (unpaired) electrons. The summed E-state index contributed by atoms with van der Waals surface area (Å²) in [7, 11) is 0. The molecule has 1 aliphatic rings. The minimum atomic E-state index is 0.994. The summed E-state index contributed by atoms with van der Waals surface area (Å²) < 4.78 is 0. The fraction of sp³-hybridized carbons (Fsp3) is 0.0909. The molecule has 0 spiro atoms. The SMILES string of the molecule is C=C1Nc2ccccc2C=C1C. The van der Waals surface area contributed by atoms with Crippen molar-refractivity contribution in [2.45, 2.75) is 6.92 Å². The topological polar surface area (TPSA) is 12.0 Å². The molecule has 12 heavy (non-hydrogen) atoms. The van der Waals surface area contributed by atoms with Crippen LogP contribution in [-0.2, 0) is 0 Å². The Bertz CT molecular complexity index is 361. The lowest BCUT2D eigenvalue weighted by molar-refractivity contribution is 1.34. The van der Waals surface area contributed by atoms with Crippen molar-refractivity contribution >= 4 is 11.8 Å². The van der Waals surface area contributed by atoms with Gasteiger partial charge in [0.05, 0.1) is 0 Å². The van der Waals surface area contributed by atoms with Gasteiger partial charge in [-0.05, 0) is 30.2 Å². The molecule has 0 amide bonds. The van der Waals surface area contributed by atoms with E-state index in [1.165, 1.54) is 11.1 Å². The Hall–Kier alpha value is -1.50. The number of para-hydroxylation sites is 1. The monoisotopic (exact) mass is 157 g/mol. The van der Waals surface area contributed by atoms with E-state index < -0.39 is 0 Å². The molecule has 0 atom stereocenters. The van der Waals surface area contributed by atoms with E-state index in [0.717, 1.165) is 11.4 Å². The van der Waals surface area contributed by atoms with Gasteiger partial charge in [-0.15, -0.1) is 0 Å². The quantitative estimate of drug-likeness (QED) is 0.610. The van der Waals surface area contributed by atoms with E-state index in [0.29, 0.717) is 0 Å². The smallest absolute Gasteiger partial charge is 0.0457 e. The summed E-state index contributed by atoms with van der Waals surface area (Å²) in [6.45, 7) is 5.98. The number of fused-ring (bicyclic) bond motifs is 1. The minimum absolute atomic E-state index is 0.994. The maximum Gasteiger partial charge on any atom is 0.0457 e. The molecule has 2 rings (SSSR count). The van der Waals surface area contributed by atoms with Gasteiger partial charge >= 0.3 is 0 Å². The third kappa shape index (κ3) is 1.03. The molecule has 0 saturated heterocycles. The van der Waals surface area contributed by atoms with Gasteiger partial charge < -0.3 is 5.32 Å². The van der Waals surface area contributed by atoms with Crippen molar-refractivity contribution in [3.8, 4) is 0 Å². The average molecular weight is 157 g/mol. The van der Waals surface area contributed by atoms with Gasteiger partial charge in [-0.25, -0.2) is 0 Å². The number of anilines is 1. The molecule has 0 aromatic heterocycles. The summed E-state index contributed by atoms with van der Waals surface area (Å²) in [5.41, 5.74) is 4.58. The van der Waals surface area contributed by atoms with E-state index in [-0.39, 0.29) is 0 Å². The van der Waals surface area contributed by atoms with Crippen LogP contribution < -0.4 is 5.32 Å². The molecule has 1 aliphatic heterocycles. The first-order valence-corrected chi connectivity index (χ1v) is 4.01. The Kier molecular flexibility index (Phi) is 1.51. The van der Waals surface area contributed by atoms with Crippen molar-refractivity contribution in [1.82, 2.24) is 0 Å². The van der Waals surface area contributed by atoms with Crippen molar-refractivity contribution in [2.24, 2.45) is 0 Å². The third-order valence-electron chi connectivity index (χ3n) is 2.09. The van der Waals surface area contributed by atoms with Gasteiger partial charge in [0.25, 0.3) is 0 Å². The van der Waals surface area contributed by atoms with Gasteiger partial charge in [0, 0.05) is 11.4 Å². The molecule has 1 nitrogen and oxygen atoms in total. The third-order valence-corrected chi connectivity index (χ3v) is 2.09. The molecule has 0 fully saturated rings. The summed E-state index contributed by atoms with van der Waals surface area (Å²) in [6, 6.07) is 8.22. The predicted molar refractivity (Wildman–Crippen MR) is 52.9 cm³/mol. The van der Waals surface area contributed by atoms with Crippen LogP contribution in [0.3, 0.4) is 0 Å². The Morgan fingerprint density at radius 3 is 2.83 bits per heavy atom. The Balaban J connectivity index is 2.56. The lowest BCUT2D eigenvalue weighted by Gasteiger charge is -2.18. The van der Waals surface area contributed by atoms with Crippen molar-refractivity contribution in [3.63, 3.8) is 0 Å². The van der Waals surface area contributed by atoms with Crippen LogP contribution in [0.2, 0.25) is 0 Å². The Morgan fingerprint density at radius 2 is 2.00 bits per heavy atom. The highest BCUT2D eigenvalue weighted by Gasteiger charge is 2.07. The normalized spacial score (nSPS) is 14.8. The first-order valence-electron chi connectivity index (χ1n) is 4.01. The molecule has 0 unspecified atom stereocenters. The van der Waals surface area contributed by atoms with Crippen molar-refractivity contribution in [3.05, 3.63) is 47.7 Å². The van der Waals surface area contributed by atoms with E-state index in [9.17, 15) is 0 Å². The highest BCUT2D eigenvalue weighted by molar-refractivity contribution is 5.76. The first kappa shape index (κ1) is 7.17. The standard InChI is InChI=1S/C11H11N/c1-8-7-10-5-3-4-6-11(10)12-9(8)2/h3-7,12H,2H2,1H3. The van der Waals surface area contributed by atoms with E-state index in [1.54, 1.807) is 0 Å². The summed E-state index contributed by atoms with van der Waals surface area (Å²) in [4.78, 5) is 0. The molecular formula is C11H11N. The van der Waals surface area contributed by atoms with Gasteiger partial charge in [-0.1, -0.05) is 24.8 Å². The van der Waals surface area contributed by atoms with Gasteiger partial charge in [-0.3, -0.25) is 0 Å². The van der Waals surface area contributed by atoms with Gasteiger partial charge in [0.15, 0.2) is 0 Å². The average Bonchev–Trinajstić information content (AvgIpc) is 2.07. The lowest BCUT2D eigenvalue weighted by atomic mass is 10.0. The van der Waals surface area contributed by atoms with E-state index in [2.05, 4.69) is 37.0 Å². The number of rotatable bonds is 0. The number of hydrogen-bond acceptors (Lipinski definition) is 1. The van der Waals surface area contributed by atoms with Crippen molar-refractivity contribution in [1.29, 1.82) is 0 Å². The van der Waals surface area contributed by atoms with Crippen LogP contribution in [0, 0.1) is 0 Å². The molecule has 1 aromatic carbocycles. The second-order valence-corrected chi connectivity index (χ2v) is 3.02.